The fraction of sp³-hybridized carbons (Fsp3) is 0.250. The van der Waals surface area contributed by atoms with E-state index in [0.29, 0.717) is 31.4 Å². The molecule has 6 nitrogen and oxygen atoms in total. The van der Waals surface area contributed by atoms with E-state index >= 15 is 0 Å². The standard InChI is InChI=1S/C20H17ClN4O2/c21-18-4-1-15(10-24-18)25-19-17-3-2-16(9-14(17)5-8-23-19)27-13-20(6-7-22)11-26-12-20/h1-5,8-10H,6,11-13H2,(H,23,25). The Morgan fingerprint density at radius 2 is 2.11 bits per heavy atom. The highest BCUT2D eigenvalue weighted by atomic mass is 35.5. The number of fused-ring (bicyclic) bond motifs is 1. The van der Waals surface area contributed by atoms with Crippen molar-refractivity contribution in [1.29, 1.82) is 5.26 Å². The maximum atomic E-state index is 8.99. The Balaban J connectivity index is 1.53. The smallest absolute Gasteiger partial charge is 0.138 e. The fourth-order valence-electron chi connectivity index (χ4n) is 2.96. The van der Waals surface area contributed by atoms with Crippen molar-refractivity contribution in [3.8, 4) is 11.8 Å². The van der Waals surface area contributed by atoms with Crippen molar-refractivity contribution in [2.45, 2.75) is 6.42 Å². The van der Waals surface area contributed by atoms with Crippen LogP contribution in [0.15, 0.2) is 48.8 Å². The lowest BCUT2D eigenvalue weighted by Crippen LogP contribution is -2.46. The summed E-state index contributed by atoms with van der Waals surface area (Å²) in [6.45, 7) is 1.61. The summed E-state index contributed by atoms with van der Waals surface area (Å²) in [6, 6.07) is 13.6. The molecule has 0 aliphatic carbocycles. The highest BCUT2D eigenvalue weighted by Crippen LogP contribution is 2.33. The third-order valence-corrected chi connectivity index (χ3v) is 4.77. The monoisotopic (exact) mass is 380 g/mol. The van der Waals surface area contributed by atoms with Crippen LogP contribution < -0.4 is 10.1 Å². The molecule has 1 aliphatic rings. The Labute approximate surface area is 161 Å². The van der Waals surface area contributed by atoms with Crippen molar-refractivity contribution in [2.24, 2.45) is 5.41 Å². The summed E-state index contributed by atoms with van der Waals surface area (Å²) >= 11 is 5.83. The molecule has 0 unspecified atom stereocenters. The van der Waals surface area contributed by atoms with Gasteiger partial charge in [-0.2, -0.15) is 5.26 Å². The summed E-state index contributed by atoms with van der Waals surface area (Å²) in [4.78, 5) is 8.49. The molecule has 2 aromatic heterocycles. The largest absolute Gasteiger partial charge is 0.493 e. The van der Waals surface area contributed by atoms with Gasteiger partial charge in [0.2, 0.25) is 0 Å². The average molecular weight is 381 g/mol. The van der Waals surface area contributed by atoms with Crippen molar-refractivity contribution in [2.75, 3.05) is 25.1 Å². The quantitative estimate of drug-likeness (QED) is 0.641. The molecule has 136 valence electrons. The van der Waals surface area contributed by atoms with Gasteiger partial charge in [-0.05, 0) is 41.8 Å². The van der Waals surface area contributed by atoms with Crippen LogP contribution in [0.1, 0.15) is 6.42 Å². The minimum atomic E-state index is -0.184. The van der Waals surface area contributed by atoms with Gasteiger partial charge in [-0.25, -0.2) is 9.97 Å². The molecular formula is C20H17ClN4O2. The van der Waals surface area contributed by atoms with E-state index in [4.69, 9.17) is 26.3 Å². The van der Waals surface area contributed by atoms with Crippen molar-refractivity contribution < 1.29 is 9.47 Å². The molecule has 3 heterocycles. The fourth-order valence-corrected chi connectivity index (χ4v) is 3.07. The van der Waals surface area contributed by atoms with E-state index in [9.17, 15) is 0 Å². The molecule has 3 aromatic rings. The zero-order valence-electron chi connectivity index (χ0n) is 14.5. The lowest BCUT2D eigenvalue weighted by molar-refractivity contribution is -0.128. The molecular weight excluding hydrogens is 364 g/mol. The molecule has 27 heavy (non-hydrogen) atoms. The lowest BCUT2D eigenvalue weighted by atomic mass is 9.84. The number of ether oxygens (including phenoxy) is 2. The Morgan fingerprint density at radius 1 is 1.22 bits per heavy atom. The first kappa shape index (κ1) is 17.5. The number of nitrogens with one attached hydrogen (secondary N) is 1. The second kappa shape index (κ2) is 7.39. The van der Waals surface area contributed by atoms with Crippen molar-refractivity contribution >= 4 is 33.9 Å². The van der Waals surface area contributed by atoms with E-state index in [1.807, 2.05) is 30.3 Å². The molecule has 1 aromatic carbocycles. The Morgan fingerprint density at radius 3 is 2.81 bits per heavy atom. The van der Waals surface area contributed by atoms with Crippen LogP contribution in [0.2, 0.25) is 5.15 Å². The van der Waals surface area contributed by atoms with Crippen LogP contribution in [0, 0.1) is 16.7 Å². The van der Waals surface area contributed by atoms with Crippen LogP contribution >= 0.6 is 11.6 Å². The first-order chi connectivity index (χ1) is 13.2. The summed E-state index contributed by atoms with van der Waals surface area (Å²) in [6.07, 6.45) is 3.85. The molecule has 7 heteroatoms. The van der Waals surface area contributed by atoms with Gasteiger partial charge in [0.1, 0.15) is 16.7 Å². The van der Waals surface area contributed by atoms with E-state index in [-0.39, 0.29) is 5.41 Å². The number of hydrogen-bond donors (Lipinski definition) is 1. The molecule has 0 bridgehead atoms. The van der Waals surface area contributed by atoms with Crippen LogP contribution in [0.3, 0.4) is 0 Å². The average Bonchev–Trinajstić information content (AvgIpc) is 2.65. The topological polar surface area (TPSA) is 80.1 Å². The zero-order valence-corrected chi connectivity index (χ0v) is 15.2. The minimum absolute atomic E-state index is 0.184. The summed E-state index contributed by atoms with van der Waals surface area (Å²) in [5, 5.41) is 14.7. The molecule has 0 atom stereocenters. The third-order valence-electron chi connectivity index (χ3n) is 4.54. The van der Waals surface area contributed by atoms with Crippen LogP contribution in [0.25, 0.3) is 10.8 Å². The van der Waals surface area contributed by atoms with E-state index < -0.39 is 0 Å². The number of benzene rings is 1. The first-order valence-corrected chi connectivity index (χ1v) is 8.90. The van der Waals surface area contributed by atoms with Gasteiger partial charge in [-0.3, -0.25) is 0 Å². The first-order valence-electron chi connectivity index (χ1n) is 8.52. The molecule has 1 aliphatic heterocycles. The molecule has 0 spiro atoms. The van der Waals surface area contributed by atoms with Crippen LogP contribution in [0.5, 0.6) is 5.75 Å². The summed E-state index contributed by atoms with van der Waals surface area (Å²) in [5.74, 6) is 1.49. The van der Waals surface area contributed by atoms with E-state index in [1.165, 1.54) is 0 Å². The predicted octanol–water partition coefficient (Wildman–Crippen LogP) is 4.34. The number of pyridine rings is 2. The number of anilines is 2. The van der Waals surface area contributed by atoms with Crippen molar-refractivity contribution in [3.05, 3.63) is 53.9 Å². The number of halogens is 1. The van der Waals surface area contributed by atoms with E-state index in [0.717, 1.165) is 28.0 Å². The normalized spacial score (nSPS) is 15.0. The molecule has 1 fully saturated rings. The van der Waals surface area contributed by atoms with Crippen molar-refractivity contribution in [1.82, 2.24) is 9.97 Å². The van der Waals surface area contributed by atoms with Gasteiger partial charge >= 0.3 is 0 Å². The van der Waals surface area contributed by atoms with E-state index in [2.05, 4.69) is 21.4 Å². The molecule has 0 radical (unpaired) electrons. The Hall–Kier alpha value is -2.88. The molecule has 4 rings (SSSR count). The zero-order chi connectivity index (χ0) is 18.7. The third kappa shape index (κ3) is 3.80. The van der Waals surface area contributed by atoms with Gasteiger partial charge < -0.3 is 14.8 Å². The van der Waals surface area contributed by atoms with Gasteiger partial charge in [0, 0.05) is 18.0 Å². The van der Waals surface area contributed by atoms with Gasteiger partial charge in [-0.15, -0.1) is 0 Å². The van der Waals surface area contributed by atoms with E-state index in [1.54, 1.807) is 18.5 Å². The minimum Gasteiger partial charge on any atom is -0.493 e. The Bertz CT molecular complexity index is 997. The molecule has 0 amide bonds. The number of aromatic nitrogens is 2. The van der Waals surface area contributed by atoms with Gasteiger partial charge in [0.05, 0.1) is 43.2 Å². The maximum absolute atomic E-state index is 8.99. The van der Waals surface area contributed by atoms with Gasteiger partial charge in [0.15, 0.2) is 0 Å². The number of nitrogens with zero attached hydrogens (tertiary/aromatic N) is 3. The summed E-state index contributed by atoms with van der Waals surface area (Å²) in [5.41, 5.74) is 0.624. The SMILES string of the molecule is N#CCC1(COc2ccc3c(Nc4ccc(Cl)nc4)nccc3c2)COC1. The molecule has 1 saturated heterocycles. The lowest BCUT2D eigenvalue weighted by Gasteiger charge is -2.39. The van der Waals surface area contributed by atoms with Gasteiger partial charge in [-0.1, -0.05) is 11.6 Å². The predicted molar refractivity (Wildman–Crippen MR) is 103 cm³/mol. The summed E-state index contributed by atoms with van der Waals surface area (Å²) in [7, 11) is 0. The number of hydrogen-bond acceptors (Lipinski definition) is 6. The highest BCUT2D eigenvalue weighted by Gasteiger charge is 2.39. The number of nitriles is 1. The Kier molecular flexibility index (Phi) is 4.80. The molecule has 0 saturated carbocycles. The van der Waals surface area contributed by atoms with Crippen LogP contribution in [-0.4, -0.2) is 29.8 Å². The number of rotatable bonds is 6. The van der Waals surface area contributed by atoms with Crippen LogP contribution in [-0.2, 0) is 4.74 Å². The second-order valence-electron chi connectivity index (χ2n) is 6.65. The maximum Gasteiger partial charge on any atom is 0.138 e. The van der Waals surface area contributed by atoms with Crippen molar-refractivity contribution in [3.63, 3.8) is 0 Å². The van der Waals surface area contributed by atoms with Crippen LogP contribution in [0.4, 0.5) is 11.5 Å². The molecule has 1 N–H and O–H groups in total. The van der Waals surface area contributed by atoms with Gasteiger partial charge in [0.25, 0.3) is 0 Å². The second-order valence-corrected chi connectivity index (χ2v) is 7.04. The summed E-state index contributed by atoms with van der Waals surface area (Å²) < 4.78 is 11.2. The highest BCUT2D eigenvalue weighted by molar-refractivity contribution is 6.29.